The number of hydrogen-bond donors (Lipinski definition) is 0. The van der Waals surface area contributed by atoms with Crippen LogP contribution in [0.1, 0.15) is 12.8 Å². The Kier molecular flexibility index (Phi) is 4.52. The minimum Gasteiger partial charge on any atom is -0.378 e. The van der Waals surface area contributed by atoms with Crippen molar-refractivity contribution in [3.8, 4) is 5.75 Å². The van der Waals surface area contributed by atoms with Crippen LogP contribution in [0.2, 0.25) is 5.02 Å². The minimum absolute atomic E-state index is 0.366. The molecule has 0 saturated heterocycles. The molecular formula is C10H9Cl4NO4S. The quantitative estimate of drug-likeness (QED) is 0.595. The van der Waals surface area contributed by atoms with E-state index in [0.717, 1.165) is 12.8 Å². The van der Waals surface area contributed by atoms with E-state index in [1.807, 2.05) is 0 Å². The lowest BCUT2D eigenvalue weighted by molar-refractivity contribution is 0.483. The highest BCUT2D eigenvalue weighted by Gasteiger charge is 2.41. The Bertz CT molecular complexity index is 675. The van der Waals surface area contributed by atoms with E-state index in [1.165, 1.54) is 16.8 Å². The smallest absolute Gasteiger partial charge is 0.359 e. The van der Waals surface area contributed by atoms with Crippen LogP contribution < -0.4 is 9.74 Å². The first-order valence-electron chi connectivity index (χ1n) is 5.51. The molecule has 1 saturated carbocycles. The van der Waals surface area contributed by atoms with E-state index in [0.29, 0.717) is 12.5 Å². The van der Waals surface area contributed by atoms with Gasteiger partial charge in [-0.3, -0.25) is 4.79 Å². The Hall–Kier alpha value is -0.140. The van der Waals surface area contributed by atoms with Crippen molar-refractivity contribution in [2.45, 2.75) is 22.5 Å². The second kappa shape index (κ2) is 5.57. The lowest BCUT2D eigenvalue weighted by Crippen LogP contribution is -2.27. The first kappa shape index (κ1) is 16.2. The van der Waals surface area contributed by atoms with E-state index in [4.69, 9.17) is 46.4 Å². The summed E-state index contributed by atoms with van der Waals surface area (Å²) in [5, 5.41) is -0.369. The Labute approximate surface area is 135 Å². The molecule has 5 nitrogen and oxygen atoms in total. The molecule has 0 N–H and O–H groups in total. The molecular weight excluding hydrogens is 372 g/mol. The summed E-state index contributed by atoms with van der Waals surface area (Å²) in [4.78, 5) is 11.9. The number of hydrogen-bond acceptors (Lipinski definition) is 4. The van der Waals surface area contributed by atoms with E-state index in [-0.39, 0.29) is 10.8 Å². The third-order valence-electron chi connectivity index (χ3n) is 2.71. The number of halogens is 4. The zero-order valence-electron chi connectivity index (χ0n) is 9.85. The average molecular weight is 381 g/mol. The van der Waals surface area contributed by atoms with Gasteiger partial charge in [0.1, 0.15) is 5.02 Å². The van der Waals surface area contributed by atoms with E-state index in [9.17, 15) is 13.2 Å². The molecule has 0 unspecified atom stereocenters. The Morgan fingerprint density at radius 2 is 1.95 bits per heavy atom. The van der Waals surface area contributed by atoms with Crippen molar-refractivity contribution in [1.29, 1.82) is 0 Å². The average Bonchev–Trinajstić information content (AvgIpc) is 3.11. The van der Waals surface area contributed by atoms with Gasteiger partial charge in [-0.25, -0.2) is 0 Å². The van der Waals surface area contributed by atoms with Gasteiger partial charge in [-0.2, -0.15) is 8.42 Å². The molecule has 0 atom stereocenters. The highest BCUT2D eigenvalue weighted by Crippen LogP contribution is 2.36. The molecule has 2 rings (SSSR count). The number of alkyl halides is 3. The Balaban J connectivity index is 2.30. The predicted octanol–water partition coefficient (Wildman–Crippen LogP) is 2.95. The van der Waals surface area contributed by atoms with Gasteiger partial charge < -0.3 is 8.75 Å². The van der Waals surface area contributed by atoms with E-state index < -0.39 is 18.8 Å². The first-order chi connectivity index (χ1) is 9.12. The predicted molar refractivity (Wildman–Crippen MR) is 78.3 cm³/mol. The van der Waals surface area contributed by atoms with Gasteiger partial charge in [-0.15, -0.1) is 0 Å². The molecule has 20 heavy (non-hydrogen) atoms. The fourth-order valence-corrected chi connectivity index (χ4v) is 2.49. The molecule has 1 aliphatic carbocycles. The zero-order valence-corrected chi connectivity index (χ0v) is 13.7. The second-order valence-corrected chi connectivity index (χ2v) is 9.40. The fraction of sp³-hybridized carbons (Fsp3) is 0.500. The topological polar surface area (TPSA) is 65.4 Å². The van der Waals surface area contributed by atoms with Crippen LogP contribution in [0.3, 0.4) is 0 Å². The van der Waals surface area contributed by atoms with Gasteiger partial charge in [0.25, 0.3) is 5.56 Å². The molecule has 1 aromatic rings. The van der Waals surface area contributed by atoms with Gasteiger partial charge in [0, 0.05) is 18.8 Å². The summed E-state index contributed by atoms with van der Waals surface area (Å²) in [7, 11) is -4.55. The molecule has 0 radical (unpaired) electrons. The third-order valence-corrected chi connectivity index (χ3v) is 5.72. The van der Waals surface area contributed by atoms with Gasteiger partial charge in [-0.05, 0) is 18.8 Å². The van der Waals surface area contributed by atoms with Crippen LogP contribution in [0.5, 0.6) is 5.75 Å². The Morgan fingerprint density at radius 3 is 2.45 bits per heavy atom. The van der Waals surface area contributed by atoms with Crippen molar-refractivity contribution >= 4 is 56.5 Å². The van der Waals surface area contributed by atoms with Crippen LogP contribution >= 0.6 is 46.4 Å². The highest BCUT2D eigenvalue weighted by atomic mass is 35.6. The van der Waals surface area contributed by atoms with Crippen LogP contribution in [0.4, 0.5) is 0 Å². The maximum absolute atomic E-state index is 11.9. The lowest BCUT2D eigenvalue weighted by Gasteiger charge is -2.14. The molecule has 0 amide bonds. The standard InChI is InChI=1S/C10H9Cl4NO4S/c11-8-7(19-20(17,18)10(12,13)14)3-4-15(9(8)16)5-6-1-2-6/h3-4,6H,1-2,5H2. The lowest BCUT2D eigenvalue weighted by atomic mass is 10.4. The maximum atomic E-state index is 11.9. The van der Waals surface area contributed by atoms with Crippen LogP contribution in [-0.2, 0) is 16.7 Å². The molecule has 0 bridgehead atoms. The number of pyridine rings is 1. The molecule has 1 heterocycles. The molecule has 0 spiro atoms. The number of aromatic nitrogens is 1. The third kappa shape index (κ3) is 3.54. The monoisotopic (exact) mass is 379 g/mol. The van der Waals surface area contributed by atoms with Gasteiger partial charge in [0.05, 0.1) is 0 Å². The molecule has 0 aliphatic heterocycles. The normalized spacial score (nSPS) is 16.2. The molecule has 0 aromatic carbocycles. The van der Waals surface area contributed by atoms with E-state index in [1.54, 1.807) is 0 Å². The summed E-state index contributed by atoms with van der Waals surface area (Å²) >= 11 is 21.6. The van der Waals surface area contributed by atoms with Gasteiger partial charge in [-0.1, -0.05) is 46.4 Å². The summed E-state index contributed by atoms with van der Waals surface area (Å²) in [5.74, 6) is 0.0930. The summed E-state index contributed by atoms with van der Waals surface area (Å²) in [5.41, 5.74) is -0.546. The van der Waals surface area contributed by atoms with Crippen molar-refractivity contribution in [1.82, 2.24) is 4.57 Å². The minimum atomic E-state index is -4.55. The molecule has 112 valence electrons. The second-order valence-electron chi connectivity index (χ2n) is 4.38. The largest absolute Gasteiger partial charge is 0.378 e. The molecule has 10 heteroatoms. The van der Waals surface area contributed by atoms with E-state index in [2.05, 4.69) is 4.18 Å². The van der Waals surface area contributed by atoms with Crippen molar-refractivity contribution in [3.63, 3.8) is 0 Å². The highest BCUT2D eigenvalue weighted by molar-refractivity contribution is 7.93. The van der Waals surface area contributed by atoms with Crippen molar-refractivity contribution in [2.75, 3.05) is 0 Å². The molecule has 1 aromatic heterocycles. The zero-order chi connectivity index (χ0) is 15.1. The SMILES string of the molecule is O=c1c(Cl)c(OS(=O)(=O)C(Cl)(Cl)Cl)ccn1CC1CC1. The van der Waals surface area contributed by atoms with Crippen LogP contribution in [-0.4, -0.2) is 16.1 Å². The van der Waals surface area contributed by atoms with Crippen molar-refractivity contribution in [2.24, 2.45) is 5.92 Å². The maximum Gasteiger partial charge on any atom is 0.359 e. The van der Waals surface area contributed by atoms with Crippen LogP contribution in [0, 0.1) is 5.92 Å². The Morgan fingerprint density at radius 1 is 1.35 bits per heavy atom. The van der Waals surface area contributed by atoms with Gasteiger partial charge in [0.2, 0.25) is 0 Å². The van der Waals surface area contributed by atoms with Crippen LogP contribution in [0.15, 0.2) is 17.1 Å². The number of nitrogens with zero attached hydrogens (tertiary/aromatic N) is 1. The summed E-state index contributed by atoms with van der Waals surface area (Å²) < 4.78 is 26.5. The summed E-state index contributed by atoms with van der Waals surface area (Å²) in [6, 6.07) is 1.25. The van der Waals surface area contributed by atoms with Crippen molar-refractivity contribution < 1.29 is 12.6 Å². The molecule has 1 fully saturated rings. The van der Waals surface area contributed by atoms with E-state index >= 15 is 0 Å². The first-order valence-corrected chi connectivity index (χ1v) is 8.43. The molecule has 1 aliphatic rings. The summed E-state index contributed by atoms with van der Waals surface area (Å²) in [6.07, 6.45) is 3.52. The van der Waals surface area contributed by atoms with Crippen molar-refractivity contribution in [3.05, 3.63) is 27.6 Å². The van der Waals surface area contributed by atoms with Crippen LogP contribution in [0.25, 0.3) is 0 Å². The number of rotatable bonds is 4. The van der Waals surface area contributed by atoms with Gasteiger partial charge in [0.15, 0.2) is 5.75 Å². The summed E-state index contributed by atoms with van der Waals surface area (Å²) in [6.45, 7) is 0.538. The fourth-order valence-electron chi connectivity index (χ4n) is 1.48. The van der Waals surface area contributed by atoms with Gasteiger partial charge >= 0.3 is 13.2 Å².